The van der Waals surface area contributed by atoms with Crippen LogP contribution in [0.3, 0.4) is 0 Å². The predicted molar refractivity (Wildman–Crippen MR) is 95.6 cm³/mol. The Morgan fingerprint density at radius 1 is 0.438 bits per heavy atom. The summed E-state index contributed by atoms with van der Waals surface area (Å²) in [5, 5.41) is 0. The van der Waals surface area contributed by atoms with Crippen molar-refractivity contribution in [1.29, 1.82) is 0 Å². The normalized spacial score (nSPS) is 11.9. The number of rotatable bonds is 2. The van der Waals surface area contributed by atoms with Gasteiger partial charge >= 0.3 is 0 Å². The Morgan fingerprint density at radius 2 is 0.688 bits per heavy atom. The van der Waals surface area contributed by atoms with Gasteiger partial charge in [-0.15, -0.1) is 0 Å². The maximum Gasteiger partial charge on any atom is 0.200 e. The zero-order valence-corrected chi connectivity index (χ0v) is 16.5. The van der Waals surface area contributed by atoms with Crippen LogP contribution < -0.4 is 0 Å². The van der Waals surface area contributed by atoms with Crippen LogP contribution in [0.4, 0.5) is 43.9 Å². The van der Waals surface area contributed by atoms with Crippen LogP contribution in [0.5, 0.6) is 0 Å². The highest BCUT2D eigenvalue weighted by atomic mass is 19.2. The summed E-state index contributed by atoms with van der Waals surface area (Å²) in [6, 6.07) is 2.75. The number of benzene rings is 3. The third-order valence-electron chi connectivity index (χ3n) is 4.77. The first-order valence-corrected chi connectivity index (χ1v) is 8.88. The maximum absolute atomic E-state index is 14.5. The Balaban J connectivity index is 2.55. The summed E-state index contributed by atoms with van der Waals surface area (Å²) in [5.41, 5.74) is -5.90. The van der Waals surface area contributed by atoms with Crippen molar-refractivity contribution in [2.45, 2.75) is 26.2 Å². The van der Waals surface area contributed by atoms with Crippen LogP contribution in [0.2, 0.25) is 0 Å². The summed E-state index contributed by atoms with van der Waals surface area (Å²) in [6.07, 6.45) is 0. The Bertz CT molecular complexity index is 1110. The zero-order valence-electron chi connectivity index (χ0n) is 16.5. The molecule has 3 aromatic carbocycles. The van der Waals surface area contributed by atoms with Gasteiger partial charge in [0.15, 0.2) is 46.5 Å². The molecule has 170 valence electrons. The third kappa shape index (κ3) is 3.41. The molecule has 0 saturated carbocycles. The van der Waals surface area contributed by atoms with E-state index in [0.717, 1.165) is 18.2 Å². The van der Waals surface area contributed by atoms with Crippen molar-refractivity contribution in [1.82, 2.24) is 0 Å². The standard InChI is InChI=1S/C22H12F10/c1-22(2,3)11-7(9-12(23)16(27)20(31)17(28)13(9)24)5-4-6-8(11)10-14(25)18(29)21(32)19(30)15(10)26/h4-6H,1-3H3. The van der Waals surface area contributed by atoms with E-state index in [1.165, 1.54) is 20.8 Å². The van der Waals surface area contributed by atoms with Gasteiger partial charge in [0, 0.05) is 0 Å². The van der Waals surface area contributed by atoms with Crippen LogP contribution in [0.15, 0.2) is 18.2 Å². The Kier molecular flexibility index (Phi) is 5.78. The van der Waals surface area contributed by atoms with Crippen LogP contribution in [-0.4, -0.2) is 0 Å². The average Bonchev–Trinajstić information content (AvgIpc) is 2.73. The fourth-order valence-corrected chi connectivity index (χ4v) is 3.46. The Morgan fingerprint density at radius 3 is 0.938 bits per heavy atom. The Hall–Kier alpha value is -3.04. The average molecular weight is 466 g/mol. The summed E-state index contributed by atoms with van der Waals surface area (Å²) in [7, 11) is 0. The van der Waals surface area contributed by atoms with Crippen molar-refractivity contribution < 1.29 is 43.9 Å². The second-order valence-corrected chi connectivity index (χ2v) is 7.87. The summed E-state index contributed by atoms with van der Waals surface area (Å²) in [4.78, 5) is 0. The molecule has 3 rings (SSSR count). The molecule has 0 atom stereocenters. The molecular formula is C22H12F10. The van der Waals surface area contributed by atoms with Crippen LogP contribution in [0.1, 0.15) is 26.3 Å². The minimum Gasteiger partial charge on any atom is -0.203 e. The molecular weight excluding hydrogens is 454 g/mol. The minimum absolute atomic E-state index is 0.411. The lowest BCUT2D eigenvalue weighted by atomic mass is 9.77. The summed E-state index contributed by atoms with van der Waals surface area (Å²) >= 11 is 0. The lowest BCUT2D eigenvalue weighted by Gasteiger charge is -2.27. The highest BCUT2D eigenvalue weighted by molar-refractivity contribution is 5.81. The molecule has 0 N–H and O–H groups in total. The molecule has 0 aromatic heterocycles. The largest absolute Gasteiger partial charge is 0.203 e. The molecule has 32 heavy (non-hydrogen) atoms. The van der Waals surface area contributed by atoms with Gasteiger partial charge in [-0.05, 0) is 22.1 Å². The van der Waals surface area contributed by atoms with Crippen molar-refractivity contribution in [2.75, 3.05) is 0 Å². The predicted octanol–water partition coefficient (Wildman–Crippen LogP) is 7.71. The molecule has 0 fully saturated rings. The number of hydrogen-bond donors (Lipinski definition) is 0. The van der Waals surface area contributed by atoms with Gasteiger partial charge in [0.2, 0.25) is 11.6 Å². The molecule has 0 nitrogen and oxygen atoms in total. The van der Waals surface area contributed by atoms with Crippen molar-refractivity contribution >= 4 is 0 Å². The third-order valence-corrected chi connectivity index (χ3v) is 4.77. The Labute approximate surface area is 175 Å². The quantitative estimate of drug-likeness (QED) is 0.206. The van der Waals surface area contributed by atoms with E-state index < -0.39 is 91.4 Å². The molecule has 0 bridgehead atoms. The SMILES string of the molecule is CC(C)(C)c1c(-c2c(F)c(F)c(F)c(F)c2F)cccc1-c1c(F)c(F)c(F)c(F)c1F. The topological polar surface area (TPSA) is 0 Å². The lowest BCUT2D eigenvalue weighted by Crippen LogP contribution is -2.17. The van der Waals surface area contributed by atoms with E-state index in [2.05, 4.69) is 0 Å². The highest BCUT2D eigenvalue weighted by Gasteiger charge is 2.34. The van der Waals surface area contributed by atoms with E-state index in [1.807, 2.05) is 0 Å². The van der Waals surface area contributed by atoms with E-state index in [1.54, 1.807) is 0 Å². The van der Waals surface area contributed by atoms with Gasteiger partial charge < -0.3 is 0 Å². The van der Waals surface area contributed by atoms with Crippen LogP contribution >= 0.6 is 0 Å². The second-order valence-electron chi connectivity index (χ2n) is 7.87. The molecule has 10 heteroatoms. The van der Waals surface area contributed by atoms with Crippen molar-refractivity contribution in [3.8, 4) is 22.3 Å². The molecule has 0 aliphatic rings. The van der Waals surface area contributed by atoms with Gasteiger partial charge in [-0.25, -0.2) is 43.9 Å². The number of halogens is 10. The zero-order chi connectivity index (χ0) is 24.3. The van der Waals surface area contributed by atoms with Gasteiger partial charge in [-0.2, -0.15) is 0 Å². The van der Waals surface area contributed by atoms with E-state index in [4.69, 9.17) is 0 Å². The van der Waals surface area contributed by atoms with E-state index in [-0.39, 0.29) is 0 Å². The molecule has 0 spiro atoms. The fraction of sp³-hybridized carbons (Fsp3) is 0.182. The molecule has 0 heterocycles. The van der Waals surface area contributed by atoms with Crippen LogP contribution in [-0.2, 0) is 5.41 Å². The molecule has 0 saturated heterocycles. The maximum atomic E-state index is 14.5. The van der Waals surface area contributed by atoms with Gasteiger partial charge in [-0.3, -0.25) is 0 Å². The molecule has 0 aliphatic heterocycles. The van der Waals surface area contributed by atoms with E-state index >= 15 is 0 Å². The second kappa shape index (κ2) is 7.83. The van der Waals surface area contributed by atoms with Crippen LogP contribution in [0, 0.1) is 58.2 Å². The fourth-order valence-electron chi connectivity index (χ4n) is 3.46. The van der Waals surface area contributed by atoms with Gasteiger partial charge in [0.05, 0.1) is 11.1 Å². The summed E-state index contributed by atoms with van der Waals surface area (Å²) in [6.45, 7) is 4.06. The van der Waals surface area contributed by atoms with Gasteiger partial charge in [0.1, 0.15) is 0 Å². The minimum atomic E-state index is -2.42. The van der Waals surface area contributed by atoms with Crippen molar-refractivity contribution in [3.63, 3.8) is 0 Å². The molecule has 0 radical (unpaired) electrons. The molecule has 0 amide bonds. The first kappa shape index (κ1) is 23.6. The number of hydrogen-bond acceptors (Lipinski definition) is 0. The summed E-state index contributed by atoms with van der Waals surface area (Å²) in [5.74, 6) is -22.8. The molecule has 3 aromatic rings. The van der Waals surface area contributed by atoms with Crippen molar-refractivity contribution in [3.05, 3.63) is 81.9 Å². The van der Waals surface area contributed by atoms with Crippen LogP contribution in [0.25, 0.3) is 22.3 Å². The molecule has 0 unspecified atom stereocenters. The first-order chi connectivity index (χ1) is 14.7. The monoisotopic (exact) mass is 466 g/mol. The first-order valence-electron chi connectivity index (χ1n) is 8.88. The van der Waals surface area contributed by atoms with Gasteiger partial charge in [-0.1, -0.05) is 39.0 Å². The van der Waals surface area contributed by atoms with E-state index in [0.29, 0.717) is 0 Å². The van der Waals surface area contributed by atoms with E-state index in [9.17, 15) is 43.9 Å². The molecule has 0 aliphatic carbocycles. The summed E-state index contributed by atoms with van der Waals surface area (Å²) < 4.78 is 140. The smallest absolute Gasteiger partial charge is 0.200 e. The highest BCUT2D eigenvalue weighted by Crippen LogP contribution is 2.44. The van der Waals surface area contributed by atoms with Gasteiger partial charge in [0.25, 0.3) is 0 Å². The van der Waals surface area contributed by atoms with Crippen molar-refractivity contribution in [2.24, 2.45) is 0 Å². The lowest BCUT2D eigenvalue weighted by molar-refractivity contribution is 0.380.